The van der Waals surface area contributed by atoms with Crippen molar-refractivity contribution in [3.63, 3.8) is 0 Å². The Balaban J connectivity index is 1.44. The molecule has 0 aliphatic carbocycles. The van der Waals surface area contributed by atoms with Gasteiger partial charge in [0.1, 0.15) is 10.7 Å². The molecular formula is C24H28ClFN2O6S. The molecule has 0 aromatic heterocycles. The molecule has 2 aliphatic rings. The van der Waals surface area contributed by atoms with Crippen molar-refractivity contribution >= 4 is 27.5 Å². The third-order valence-electron chi connectivity index (χ3n) is 6.20. The first kappa shape index (κ1) is 26.0. The Morgan fingerprint density at radius 1 is 1.14 bits per heavy atom. The van der Waals surface area contributed by atoms with E-state index >= 15 is 0 Å². The lowest BCUT2D eigenvalue weighted by Gasteiger charge is -2.43. The fraction of sp³-hybridized carbons (Fsp3) is 0.458. The van der Waals surface area contributed by atoms with Gasteiger partial charge in [-0.2, -0.15) is 4.31 Å². The Hall–Kier alpha value is -2.08. The number of hydrogen-bond acceptors (Lipinski definition) is 6. The molecule has 2 aliphatic heterocycles. The van der Waals surface area contributed by atoms with Crippen molar-refractivity contribution in [3.8, 4) is 0 Å². The molecule has 1 amide bonds. The predicted octanol–water partition coefficient (Wildman–Crippen LogP) is 2.48. The fourth-order valence-corrected chi connectivity index (χ4v) is 6.45. The SMILES string of the molecule is O=C(C[C@@H]1CC[C@@H]2[C@H](COC[C@H](O)CN2S(=O)(=O)c2ccccc2F)O1)NCc1ccccc1Cl. The summed E-state index contributed by atoms with van der Waals surface area (Å²) in [6.07, 6.45) is -1.29. The Bertz CT molecular complexity index is 1150. The molecule has 2 saturated heterocycles. The number of carbonyl (C=O) groups excluding carboxylic acids is 1. The van der Waals surface area contributed by atoms with Crippen LogP contribution in [-0.2, 0) is 30.8 Å². The smallest absolute Gasteiger partial charge is 0.246 e. The standard InChI is InChI=1S/C24H28ClFN2O6S/c25-19-6-2-1-5-16(19)12-27-24(30)11-18-9-10-21-22(34-18)15-33-14-17(29)13-28(21)35(31,32)23-8-4-3-7-20(23)26/h1-8,17-18,21-22,29H,9-15H2,(H,27,30)/t17-,18+,21-,22+/m1/s1. The van der Waals surface area contributed by atoms with Gasteiger partial charge < -0.3 is 19.9 Å². The predicted molar refractivity (Wildman–Crippen MR) is 127 cm³/mol. The van der Waals surface area contributed by atoms with Crippen LogP contribution in [0.4, 0.5) is 4.39 Å². The van der Waals surface area contributed by atoms with Crippen LogP contribution in [0.2, 0.25) is 5.02 Å². The Labute approximate surface area is 209 Å². The van der Waals surface area contributed by atoms with E-state index in [9.17, 15) is 22.7 Å². The van der Waals surface area contributed by atoms with Gasteiger partial charge in [0.25, 0.3) is 0 Å². The number of aliphatic hydroxyl groups is 1. The number of rotatable bonds is 6. The van der Waals surface area contributed by atoms with E-state index in [4.69, 9.17) is 21.1 Å². The summed E-state index contributed by atoms with van der Waals surface area (Å²) in [6, 6.07) is 11.7. The molecule has 11 heteroatoms. The van der Waals surface area contributed by atoms with Crippen LogP contribution in [0.5, 0.6) is 0 Å². The minimum atomic E-state index is -4.25. The summed E-state index contributed by atoms with van der Waals surface area (Å²) in [5.74, 6) is -1.08. The number of fused-ring (bicyclic) bond motifs is 1. The molecule has 8 nitrogen and oxygen atoms in total. The number of hydrogen-bond donors (Lipinski definition) is 2. The van der Waals surface area contributed by atoms with Crippen LogP contribution >= 0.6 is 11.6 Å². The molecule has 190 valence electrons. The zero-order valence-corrected chi connectivity index (χ0v) is 20.6. The second kappa shape index (κ2) is 11.3. The van der Waals surface area contributed by atoms with Gasteiger partial charge in [0.05, 0.1) is 44.0 Å². The normalized spacial score (nSPS) is 25.8. The molecule has 0 unspecified atom stereocenters. The number of sulfonamides is 1. The average Bonchev–Trinajstić information content (AvgIpc) is 2.81. The van der Waals surface area contributed by atoms with Crippen molar-refractivity contribution in [2.24, 2.45) is 0 Å². The molecule has 2 heterocycles. The summed E-state index contributed by atoms with van der Waals surface area (Å²) in [5, 5.41) is 13.7. The average molecular weight is 527 g/mol. The van der Waals surface area contributed by atoms with E-state index in [1.807, 2.05) is 18.2 Å². The molecule has 2 fully saturated rings. The second-order valence-corrected chi connectivity index (χ2v) is 11.0. The molecule has 0 saturated carbocycles. The number of amides is 1. The van der Waals surface area contributed by atoms with E-state index in [0.717, 1.165) is 15.9 Å². The number of β-amino-alcohol motifs (C(OH)–C–C–N with tert-alkyl or cyclic N) is 1. The number of carbonyl (C=O) groups is 1. The van der Waals surface area contributed by atoms with Gasteiger partial charge in [-0.15, -0.1) is 0 Å². The van der Waals surface area contributed by atoms with E-state index in [0.29, 0.717) is 17.9 Å². The van der Waals surface area contributed by atoms with Gasteiger partial charge in [-0.1, -0.05) is 41.9 Å². The molecule has 4 rings (SSSR count). The summed E-state index contributed by atoms with van der Waals surface area (Å²) < 4.78 is 53.9. The molecule has 2 aromatic carbocycles. The van der Waals surface area contributed by atoms with Crippen LogP contribution in [0.3, 0.4) is 0 Å². The molecule has 0 spiro atoms. The fourth-order valence-electron chi connectivity index (χ4n) is 4.47. The maximum atomic E-state index is 14.4. The number of halogens is 2. The van der Waals surface area contributed by atoms with E-state index in [2.05, 4.69) is 5.32 Å². The van der Waals surface area contributed by atoms with Crippen molar-refractivity contribution in [2.75, 3.05) is 19.8 Å². The number of benzene rings is 2. The zero-order chi connectivity index (χ0) is 25.0. The van der Waals surface area contributed by atoms with Crippen molar-refractivity contribution < 1.29 is 32.2 Å². The van der Waals surface area contributed by atoms with Gasteiger partial charge in [-0.3, -0.25) is 4.79 Å². The Morgan fingerprint density at radius 2 is 1.89 bits per heavy atom. The van der Waals surface area contributed by atoms with E-state index in [1.165, 1.54) is 18.2 Å². The summed E-state index contributed by atoms with van der Waals surface area (Å²) in [4.78, 5) is 12.1. The van der Waals surface area contributed by atoms with Gasteiger partial charge in [0.15, 0.2) is 0 Å². The molecule has 4 atom stereocenters. The summed E-state index contributed by atoms with van der Waals surface area (Å²) in [7, 11) is -4.25. The largest absolute Gasteiger partial charge is 0.389 e. The highest BCUT2D eigenvalue weighted by Crippen LogP contribution is 2.32. The van der Waals surface area contributed by atoms with E-state index < -0.39 is 45.1 Å². The van der Waals surface area contributed by atoms with Crippen molar-refractivity contribution in [1.82, 2.24) is 9.62 Å². The Kier molecular flexibility index (Phi) is 8.41. The molecule has 35 heavy (non-hydrogen) atoms. The first-order valence-corrected chi connectivity index (χ1v) is 13.2. The highest BCUT2D eigenvalue weighted by molar-refractivity contribution is 7.89. The molecule has 2 N–H and O–H groups in total. The first-order valence-electron chi connectivity index (χ1n) is 11.4. The van der Waals surface area contributed by atoms with Crippen LogP contribution in [-0.4, -0.2) is 67.8 Å². The van der Waals surface area contributed by atoms with Crippen LogP contribution in [0.15, 0.2) is 53.4 Å². The number of aliphatic hydroxyl groups excluding tert-OH is 1. The topological polar surface area (TPSA) is 105 Å². The minimum Gasteiger partial charge on any atom is -0.389 e. The van der Waals surface area contributed by atoms with Crippen molar-refractivity contribution in [2.45, 2.75) is 55.1 Å². The zero-order valence-electron chi connectivity index (χ0n) is 19.0. The molecule has 2 aromatic rings. The highest BCUT2D eigenvalue weighted by Gasteiger charge is 2.43. The van der Waals surface area contributed by atoms with Crippen LogP contribution < -0.4 is 5.32 Å². The van der Waals surface area contributed by atoms with Crippen LogP contribution in [0.1, 0.15) is 24.8 Å². The maximum absolute atomic E-state index is 14.4. The number of ether oxygens (including phenoxy) is 2. The maximum Gasteiger partial charge on any atom is 0.246 e. The summed E-state index contributed by atoms with van der Waals surface area (Å²) >= 11 is 6.13. The van der Waals surface area contributed by atoms with Gasteiger partial charge in [0.2, 0.25) is 15.9 Å². The highest BCUT2D eigenvalue weighted by atomic mass is 35.5. The lowest BCUT2D eigenvalue weighted by atomic mass is 9.96. The number of nitrogens with one attached hydrogen (secondary N) is 1. The van der Waals surface area contributed by atoms with E-state index in [-0.39, 0.29) is 38.6 Å². The third-order valence-corrected chi connectivity index (χ3v) is 8.50. The van der Waals surface area contributed by atoms with Gasteiger partial charge in [0, 0.05) is 18.1 Å². The molecule has 0 radical (unpaired) electrons. The van der Waals surface area contributed by atoms with Crippen LogP contribution in [0, 0.1) is 5.82 Å². The first-order chi connectivity index (χ1) is 16.8. The lowest BCUT2D eigenvalue weighted by Crippen LogP contribution is -2.57. The van der Waals surface area contributed by atoms with Crippen molar-refractivity contribution in [1.29, 1.82) is 0 Å². The second-order valence-electron chi connectivity index (χ2n) is 8.71. The minimum absolute atomic E-state index is 0.0444. The third kappa shape index (κ3) is 6.19. The lowest BCUT2D eigenvalue weighted by molar-refractivity contribution is -0.146. The summed E-state index contributed by atoms with van der Waals surface area (Å²) in [6.45, 7) is -0.00125. The van der Waals surface area contributed by atoms with Gasteiger partial charge >= 0.3 is 0 Å². The summed E-state index contributed by atoms with van der Waals surface area (Å²) in [5.41, 5.74) is 0.799. The monoisotopic (exact) mass is 526 g/mol. The van der Waals surface area contributed by atoms with Crippen molar-refractivity contribution in [3.05, 3.63) is 64.9 Å². The number of nitrogens with zero attached hydrogens (tertiary/aromatic N) is 1. The molecule has 0 bridgehead atoms. The van der Waals surface area contributed by atoms with Gasteiger partial charge in [-0.05, 0) is 36.6 Å². The van der Waals surface area contributed by atoms with Crippen LogP contribution in [0.25, 0.3) is 0 Å². The Morgan fingerprint density at radius 3 is 2.66 bits per heavy atom. The molecular weight excluding hydrogens is 499 g/mol. The quantitative estimate of drug-likeness (QED) is 0.599. The van der Waals surface area contributed by atoms with Gasteiger partial charge in [-0.25, -0.2) is 12.8 Å². The van der Waals surface area contributed by atoms with E-state index in [1.54, 1.807) is 6.07 Å².